The van der Waals surface area contributed by atoms with Crippen LogP contribution >= 0.6 is 0 Å². The second-order valence-electron chi connectivity index (χ2n) is 5.56. The van der Waals surface area contributed by atoms with Gasteiger partial charge in [-0.1, -0.05) is 12.1 Å². The third kappa shape index (κ3) is 5.62. The Morgan fingerprint density at radius 1 is 1.11 bits per heavy atom. The van der Waals surface area contributed by atoms with E-state index in [0.717, 1.165) is 0 Å². The van der Waals surface area contributed by atoms with Gasteiger partial charge in [0.05, 0.1) is 19.3 Å². The molecule has 0 radical (unpaired) electrons. The van der Waals surface area contributed by atoms with E-state index < -0.39 is 6.10 Å². The highest BCUT2D eigenvalue weighted by Gasteiger charge is 2.17. The molecule has 0 heterocycles. The van der Waals surface area contributed by atoms with Crippen LogP contribution in [0.2, 0.25) is 0 Å². The van der Waals surface area contributed by atoms with Gasteiger partial charge in [0.25, 0.3) is 5.91 Å². The first-order valence-electron chi connectivity index (χ1n) is 8.35. The summed E-state index contributed by atoms with van der Waals surface area (Å²) in [5.41, 5.74) is 0.910. The molecule has 0 fully saturated rings. The number of hydrogen-bond acceptors (Lipinski definition) is 6. The maximum atomic E-state index is 12.4. The minimum Gasteiger partial charge on any atom is -0.493 e. The van der Waals surface area contributed by atoms with Crippen molar-refractivity contribution < 1.29 is 23.7 Å². The van der Waals surface area contributed by atoms with Gasteiger partial charge in [-0.3, -0.25) is 4.79 Å². The van der Waals surface area contributed by atoms with Gasteiger partial charge < -0.3 is 24.3 Å². The summed E-state index contributed by atoms with van der Waals surface area (Å²) in [6.45, 7) is 2.40. The molecule has 2 rings (SSSR count). The third-order valence-corrected chi connectivity index (χ3v) is 3.66. The second kappa shape index (κ2) is 10.0. The number of nitriles is 1. The molecule has 1 amide bonds. The largest absolute Gasteiger partial charge is 0.493 e. The van der Waals surface area contributed by atoms with E-state index >= 15 is 0 Å². The molecule has 0 aliphatic rings. The molecule has 0 aliphatic heterocycles. The van der Waals surface area contributed by atoms with Crippen LogP contribution in [0, 0.1) is 11.3 Å². The minimum atomic E-state index is -0.792. The van der Waals surface area contributed by atoms with Crippen molar-refractivity contribution in [1.82, 2.24) is 0 Å². The average molecular weight is 370 g/mol. The minimum absolute atomic E-state index is 0.351. The quantitative estimate of drug-likeness (QED) is 0.683. The van der Waals surface area contributed by atoms with Crippen molar-refractivity contribution >= 4 is 11.6 Å². The molecule has 0 saturated carbocycles. The van der Waals surface area contributed by atoms with E-state index in [1.54, 1.807) is 63.6 Å². The van der Waals surface area contributed by atoms with Gasteiger partial charge in [0, 0.05) is 18.9 Å². The van der Waals surface area contributed by atoms with Crippen LogP contribution in [-0.2, 0) is 9.53 Å². The Hall–Kier alpha value is -3.24. The molecule has 1 atom stereocenters. The van der Waals surface area contributed by atoms with Gasteiger partial charge in [0.15, 0.2) is 17.6 Å². The lowest BCUT2D eigenvalue weighted by molar-refractivity contribution is -0.122. The Bertz CT molecular complexity index is 816. The van der Waals surface area contributed by atoms with Crippen molar-refractivity contribution in [3.63, 3.8) is 0 Å². The first-order valence-corrected chi connectivity index (χ1v) is 8.35. The zero-order valence-corrected chi connectivity index (χ0v) is 15.5. The topological polar surface area (TPSA) is 89.8 Å². The summed E-state index contributed by atoms with van der Waals surface area (Å²) in [6, 6.07) is 13.9. The third-order valence-electron chi connectivity index (χ3n) is 3.66. The van der Waals surface area contributed by atoms with E-state index in [-0.39, 0.29) is 5.91 Å². The van der Waals surface area contributed by atoms with Crippen LogP contribution in [0.4, 0.5) is 5.69 Å². The van der Waals surface area contributed by atoms with E-state index in [9.17, 15) is 4.79 Å². The van der Waals surface area contributed by atoms with E-state index in [4.69, 9.17) is 24.2 Å². The second-order valence-corrected chi connectivity index (χ2v) is 5.56. The van der Waals surface area contributed by atoms with E-state index in [1.807, 2.05) is 6.07 Å². The number of carbonyl (C=O) groups excluding carboxylic acids is 1. The average Bonchev–Trinajstić information content (AvgIpc) is 2.68. The van der Waals surface area contributed by atoms with Crippen molar-refractivity contribution in [2.75, 3.05) is 32.8 Å². The monoisotopic (exact) mass is 370 g/mol. The molecule has 142 valence electrons. The Labute approximate surface area is 158 Å². The van der Waals surface area contributed by atoms with E-state index in [2.05, 4.69) is 5.32 Å². The number of nitrogens with one attached hydrogen (secondary N) is 1. The fourth-order valence-corrected chi connectivity index (χ4v) is 2.25. The SMILES string of the molecule is COCCOc1cc(NC(=O)[C@H](C)Oc2ccccc2C#N)ccc1OC. The molecular formula is C20H22N2O5. The zero-order valence-electron chi connectivity index (χ0n) is 15.5. The molecule has 0 aromatic heterocycles. The standard InChI is InChI=1S/C20H22N2O5/c1-14(27-17-7-5-4-6-15(17)13-21)20(23)22-16-8-9-18(25-3)19(12-16)26-11-10-24-2/h4-9,12,14H,10-11H2,1-3H3,(H,22,23)/t14-/m0/s1. The normalized spacial score (nSPS) is 11.2. The molecule has 0 bridgehead atoms. The molecule has 1 N–H and O–H groups in total. The lowest BCUT2D eigenvalue weighted by Crippen LogP contribution is -2.30. The summed E-state index contributed by atoms with van der Waals surface area (Å²) >= 11 is 0. The maximum absolute atomic E-state index is 12.4. The molecule has 7 nitrogen and oxygen atoms in total. The molecule has 0 spiro atoms. The number of methoxy groups -OCH3 is 2. The zero-order chi connectivity index (χ0) is 19.6. The summed E-state index contributed by atoms with van der Waals surface area (Å²) in [6.07, 6.45) is -0.792. The molecule has 0 aliphatic carbocycles. The number of hydrogen-bond donors (Lipinski definition) is 1. The van der Waals surface area contributed by atoms with Crippen LogP contribution in [0.15, 0.2) is 42.5 Å². The lowest BCUT2D eigenvalue weighted by atomic mass is 10.2. The van der Waals surface area contributed by atoms with Gasteiger partial charge in [0.1, 0.15) is 18.4 Å². The van der Waals surface area contributed by atoms with Crippen molar-refractivity contribution in [3.8, 4) is 23.3 Å². The highest BCUT2D eigenvalue weighted by molar-refractivity contribution is 5.94. The van der Waals surface area contributed by atoms with Crippen molar-refractivity contribution in [3.05, 3.63) is 48.0 Å². The number of carbonyl (C=O) groups is 1. The predicted molar refractivity (Wildman–Crippen MR) is 100 cm³/mol. The first-order chi connectivity index (χ1) is 13.1. The van der Waals surface area contributed by atoms with Gasteiger partial charge in [0.2, 0.25) is 0 Å². The Kier molecular flexibility index (Phi) is 7.47. The van der Waals surface area contributed by atoms with Gasteiger partial charge in [-0.15, -0.1) is 0 Å². The Morgan fingerprint density at radius 2 is 1.89 bits per heavy atom. The van der Waals surface area contributed by atoms with Gasteiger partial charge in [-0.05, 0) is 31.2 Å². The summed E-state index contributed by atoms with van der Waals surface area (Å²) in [5.74, 6) is 1.06. The molecule has 2 aromatic carbocycles. The summed E-state index contributed by atoms with van der Waals surface area (Å²) in [7, 11) is 3.13. The highest BCUT2D eigenvalue weighted by atomic mass is 16.5. The van der Waals surface area contributed by atoms with Crippen molar-refractivity contribution in [2.45, 2.75) is 13.0 Å². The Balaban J connectivity index is 2.05. The molecule has 2 aromatic rings. The molecule has 7 heteroatoms. The predicted octanol–water partition coefficient (Wildman–Crippen LogP) is 3.00. The van der Waals surface area contributed by atoms with Crippen molar-refractivity contribution in [2.24, 2.45) is 0 Å². The Morgan fingerprint density at radius 3 is 2.59 bits per heavy atom. The maximum Gasteiger partial charge on any atom is 0.265 e. The molecule has 27 heavy (non-hydrogen) atoms. The van der Waals surface area contributed by atoms with Crippen LogP contribution in [0.1, 0.15) is 12.5 Å². The highest BCUT2D eigenvalue weighted by Crippen LogP contribution is 2.30. The number of ether oxygens (including phenoxy) is 4. The fourth-order valence-electron chi connectivity index (χ4n) is 2.25. The smallest absolute Gasteiger partial charge is 0.265 e. The number of rotatable bonds is 9. The molecule has 0 saturated heterocycles. The van der Waals surface area contributed by atoms with Crippen LogP contribution in [0.25, 0.3) is 0 Å². The number of anilines is 1. The number of nitrogens with zero attached hydrogens (tertiary/aromatic N) is 1. The van der Waals surface area contributed by atoms with E-state index in [1.165, 1.54) is 0 Å². The van der Waals surface area contributed by atoms with Crippen LogP contribution < -0.4 is 19.5 Å². The van der Waals surface area contributed by atoms with Gasteiger partial charge >= 0.3 is 0 Å². The number of amides is 1. The van der Waals surface area contributed by atoms with E-state index in [0.29, 0.717) is 41.7 Å². The molecule has 0 unspecified atom stereocenters. The van der Waals surface area contributed by atoms with Crippen LogP contribution in [-0.4, -0.2) is 39.4 Å². The summed E-state index contributed by atoms with van der Waals surface area (Å²) in [5, 5.41) is 11.9. The van der Waals surface area contributed by atoms with Gasteiger partial charge in [-0.25, -0.2) is 0 Å². The number of para-hydroxylation sites is 1. The number of benzene rings is 2. The summed E-state index contributed by atoms with van der Waals surface area (Å²) in [4.78, 5) is 12.4. The van der Waals surface area contributed by atoms with Gasteiger partial charge in [-0.2, -0.15) is 5.26 Å². The fraction of sp³-hybridized carbons (Fsp3) is 0.300. The first kappa shape index (κ1) is 20.1. The summed E-state index contributed by atoms with van der Waals surface area (Å²) < 4.78 is 21.4. The van der Waals surface area contributed by atoms with Crippen molar-refractivity contribution in [1.29, 1.82) is 5.26 Å². The van der Waals surface area contributed by atoms with Crippen LogP contribution in [0.3, 0.4) is 0 Å². The van der Waals surface area contributed by atoms with Crippen LogP contribution in [0.5, 0.6) is 17.2 Å². The molecular weight excluding hydrogens is 348 g/mol. The lowest BCUT2D eigenvalue weighted by Gasteiger charge is -2.17.